The molecule has 2 aliphatic heterocycles. The van der Waals surface area contributed by atoms with Crippen molar-refractivity contribution in [2.45, 2.75) is 32.4 Å². The van der Waals surface area contributed by atoms with Crippen LogP contribution in [-0.4, -0.2) is 34.9 Å². The maximum atomic E-state index is 7.01. The molecule has 0 spiro atoms. The first-order valence-electron chi connectivity index (χ1n) is 13.8. The monoisotopic (exact) mass is 571 g/mol. The minimum absolute atomic E-state index is 0.157. The molecule has 0 amide bonds. The number of thiocarbonyl (C=S) groups is 1. The summed E-state index contributed by atoms with van der Waals surface area (Å²) in [7, 11) is 1.69. The SMILES string of the molecule is COc1cccc(-n2cccc2[C@H]2[C@H](c3ccccn3)NC(=S)N2c2ccc(N3C[C@H](C)C[C@H](C)C3)c(Cl)c2)c1. The van der Waals surface area contributed by atoms with Gasteiger partial charge in [-0.1, -0.05) is 37.6 Å². The van der Waals surface area contributed by atoms with Crippen molar-refractivity contribution in [1.29, 1.82) is 0 Å². The van der Waals surface area contributed by atoms with Crippen LogP contribution in [0.5, 0.6) is 5.75 Å². The summed E-state index contributed by atoms with van der Waals surface area (Å²) in [5.41, 5.74) is 5.05. The number of anilines is 2. The molecule has 0 unspecified atom stereocenters. The summed E-state index contributed by atoms with van der Waals surface area (Å²) in [6.45, 7) is 6.68. The predicted octanol–water partition coefficient (Wildman–Crippen LogP) is 7.19. The number of nitrogens with one attached hydrogen (secondary N) is 1. The van der Waals surface area contributed by atoms with Gasteiger partial charge in [0, 0.05) is 48.6 Å². The van der Waals surface area contributed by atoms with Crippen LogP contribution < -0.4 is 19.9 Å². The number of aromatic nitrogens is 2. The van der Waals surface area contributed by atoms with Crippen molar-refractivity contribution < 1.29 is 4.74 Å². The summed E-state index contributed by atoms with van der Waals surface area (Å²) in [6.07, 6.45) is 5.16. The Balaban J connectivity index is 1.43. The highest BCUT2D eigenvalue weighted by Crippen LogP contribution is 2.44. The molecule has 2 aliphatic rings. The van der Waals surface area contributed by atoms with Gasteiger partial charge < -0.3 is 24.4 Å². The summed E-state index contributed by atoms with van der Waals surface area (Å²) in [6, 6.07) is 24.3. The van der Waals surface area contributed by atoms with Gasteiger partial charge in [0.1, 0.15) is 11.8 Å². The first-order chi connectivity index (χ1) is 19.4. The first kappa shape index (κ1) is 26.7. The maximum absolute atomic E-state index is 7.01. The van der Waals surface area contributed by atoms with E-state index >= 15 is 0 Å². The van der Waals surface area contributed by atoms with Crippen LogP contribution in [0.15, 0.2) is 85.2 Å². The Morgan fingerprint density at radius 3 is 2.50 bits per heavy atom. The first-order valence-corrected chi connectivity index (χ1v) is 14.6. The molecule has 2 aromatic carbocycles. The molecule has 4 aromatic rings. The quantitative estimate of drug-likeness (QED) is 0.247. The van der Waals surface area contributed by atoms with E-state index in [2.05, 4.69) is 76.1 Å². The molecule has 6 rings (SSSR count). The summed E-state index contributed by atoms with van der Waals surface area (Å²) in [5, 5.41) is 4.95. The van der Waals surface area contributed by atoms with Crippen molar-refractivity contribution in [2.24, 2.45) is 11.8 Å². The number of nitrogens with zero attached hydrogens (tertiary/aromatic N) is 4. The zero-order valence-electron chi connectivity index (χ0n) is 23.0. The van der Waals surface area contributed by atoms with Gasteiger partial charge in [-0.05, 0) is 85.1 Å². The topological polar surface area (TPSA) is 45.6 Å². The predicted molar refractivity (Wildman–Crippen MR) is 167 cm³/mol. The standard InChI is InChI=1S/C32H34ClN5OS/c1-21-16-22(2)20-36(19-21)28-13-12-24(18-26(28)33)38-31(30(35-32(38)40)27-10-4-5-14-34-27)29-11-7-15-37(29)23-8-6-9-25(17-23)39-3/h4-15,17-18,21-22,30-31H,16,19-20H2,1-3H3,(H,35,40)/t21-,22+,30-,31-/m0/s1. The van der Waals surface area contributed by atoms with Crippen LogP contribution in [0, 0.1) is 11.8 Å². The Kier molecular flexibility index (Phi) is 7.43. The number of hydrogen-bond donors (Lipinski definition) is 1. The average Bonchev–Trinajstić information content (AvgIpc) is 3.57. The third kappa shape index (κ3) is 5.04. The van der Waals surface area contributed by atoms with Crippen molar-refractivity contribution in [1.82, 2.24) is 14.9 Å². The highest BCUT2D eigenvalue weighted by atomic mass is 35.5. The van der Waals surface area contributed by atoms with E-state index in [9.17, 15) is 0 Å². The van der Waals surface area contributed by atoms with Crippen molar-refractivity contribution in [3.63, 3.8) is 0 Å². The van der Waals surface area contributed by atoms with Gasteiger partial charge in [-0.25, -0.2) is 0 Å². The summed E-state index contributed by atoms with van der Waals surface area (Å²) in [5.74, 6) is 2.09. The number of rotatable bonds is 6. The summed E-state index contributed by atoms with van der Waals surface area (Å²) in [4.78, 5) is 9.31. The van der Waals surface area contributed by atoms with E-state index in [-0.39, 0.29) is 12.1 Å². The molecule has 206 valence electrons. The fourth-order valence-corrected chi connectivity index (χ4v) is 6.97. The number of ether oxygens (including phenoxy) is 1. The second-order valence-electron chi connectivity index (χ2n) is 11.0. The van der Waals surface area contributed by atoms with E-state index in [1.807, 2.05) is 42.6 Å². The minimum Gasteiger partial charge on any atom is -0.497 e. The number of halogens is 1. The van der Waals surface area contributed by atoms with Crippen LogP contribution in [0.3, 0.4) is 0 Å². The van der Waals surface area contributed by atoms with Gasteiger partial charge in [0.05, 0.1) is 29.6 Å². The number of hydrogen-bond acceptors (Lipinski definition) is 4. The third-order valence-electron chi connectivity index (χ3n) is 7.93. The smallest absolute Gasteiger partial charge is 0.174 e. The van der Waals surface area contributed by atoms with E-state index in [1.165, 1.54) is 6.42 Å². The Morgan fingerprint density at radius 1 is 0.950 bits per heavy atom. The Labute approximate surface area is 246 Å². The van der Waals surface area contributed by atoms with Gasteiger partial charge in [-0.2, -0.15) is 0 Å². The van der Waals surface area contributed by atoms with E-state index < -0.39 is 0 Å². The van der Waals surface area contributed by atoms with Crippen molar-refractivity contribution >= 4 is 40.3 Å². The average molecular weight is 572 g/mol. The minimum atomic E-state index is -0.166. The van der Waals surface area contributed by atoms with Gasteiger partial charge in [0.2, 0.25) is 0 Å². The van der Waals surface area contributed by atoms with E-state index in [0.29, 0.717) is 16.9 Å². The molecule has 8 heteroatoms. The molecule has 0 radical (unpaired) electrons. The molecule has 2 fully saturated rings. The summed E-state index contributed by atoms with van der Waals surface area (Å²) < 4.78 is 7.71. The van der Waals surface area contributed by atoms with Crippen LogP contribution in [0.25, 0.3) is 5.69 Å². The van der Waals surface area contributed by atoms with E-state index in [0.717, 1.165) is 52.3 Å². The van der Waals surface area contributed by atoms with Crippen molar-refractivity contribution in [3.8, 4) is 11.4 Å². The van der Waals surface area contributed by atoms with Gasteiger partial charge in [-0.3, -0.25) is 4.98 Å². The Morgan fingerprint density at radius 2 is 1.77 bits per heavy atom. The van der Waals surface area contributed by atoms with Crippen LogP contribution in [0.2, 0.25) is 5.02 Å². The molecule has 0 aliphatic carbocycles. The lowest BCUT2D eigenvalue weighted by molar-refractivity contribution is 0.357. The molecule has 1 N–H and O–H groups in total. The second kappa shape index (κ2) is 11.1. The molecule has 4 atom stereocenters. The lowest BCUT2D eigenvalue weighted by Gasteiger charge is -2.37. The molecular weight excluding hydrogens is 538 g/mol. The van der Waals surface area contributed by atoms with Crippen LogP contribution in [0.1, 0.15) is 43.7 Å². The molecule has 0 bridgehead atoms. The van der Waals surface area contributed by atoms with Crippen LogP contribution in [0.4, 0.5) is 11.4 Å². The van der Waals surface area contributed by atoms with Crippen molar-refractivity contribution in [3.05, 3.63) is 102 Å². The van der Waals surface area contributed by atoms with Gasteiger partial charge >= 0.3 is 0 Å². The van der Waals surface area contributed by atoms with E-state index in [4.69, 9.17) is 33.5 Å². The largest absolute Gasteiger partial charge is 0.497 e. The number of pyridine rings is 1. The highest BCUT2D eigenvalue weighted by Gasteiger charge is 2.42. The third-order valence-corrected chi connectivity index (χ3v) is 8.55. The lowest BCUT2D eigenvalue weighted by Crippen LogP contribution is -2.38. The molecule has 4 heterocycles. The Bertz CT molecular complexity index is 1500. The number of methoxy groups -OCH3 is 1. The number of piperidine rings is 1. The number of benzene rings is 2. The lowest BCUT2D eigenvalue weighted by atomic mass is 9.91. The zero-order chi connectivity index (χ0) is 27.8. The van der Waals surface area contributed by atoms with Gasteiger partial charge in [-0.15, -0.1) is 0 Å². The van der Waals surface area contributed by atoms with Crippen LogP contribution >= 0.6 is 23.8 Å². The Hall–Kier alpha value is -3.55. The normalized spacial score (nSPS) is 22.9. The molecule has 2 aromatic heterocycles. The van der Waals surface area contributed by atoms with Gasteiger partial charge in [0.25, 0.3) is 0 Å². The zero-order valence-corrected chi connectivity index (χ0v) is 24.6. The molecular formula is C32H34ClN5OS. The molecule has 0 saturated carbocycles. The van der Waals surface area contributed by atoms with Crippen LogP contribution in [-0.2, 0) is 0 Å². The maximum Gasteiger partial charge on any atom is 0.174 e. The molecule has 6 nitrogen and oxygen atoms in total. The molecule has 40 heavy (non-hydrogen) atoms. The van der Waals surface area contributed by atoms with Gasteiger partial charge in [0.15, 0.2) is 5.11 Å². The van der Waals surface area contributed by atoms with Crippen molar-refractivity contribution in [2.75, 3.05) is 30.0 Å². The molecule has 2 saturated heterocycles. The summed E-state index contributed by atoms with van der Waals surface area (Å²) >= 11 is 13.0. The fraction of sp³-hybridized carbons (Fsp3) is 0.312. The second-order valence-corrected chi connectivity index (χ2v) is 11.8. The highest BCUT2D eigenvalue weighted by molar-refractivity contribution is 7.80. The van der Waals surface area contributed by atoms with E-state index in [1.54, 1.807) is 7.11 Å². The fourth-order valence-electron chi connectivity index (χ4n) is 6.33.